The van der Waals surface area contributed by atoms with Crippen LogP contribution in [0.15, 0.2) is 30.3 Å². The molecule has 0 aromatic heterocycles. The summed E-state index contributed by atoms with van der Waals surface area (Å²) in [5.41, 5.74) is 0.780. The van der Waals surface area contributed by atoms with Crippen LogP contribution in [0.2, 0.25) is 0 Å². The van der Waals surface area contributed by atoms with Crippen molar-refractivity contribution >= 4 is 35.7 Å². The molecule has 4 atom stereocenters. The molecule has 0 aliphatic carbocycles. The number of alkyl carbamates (subject to hydrolysis) is 1. The highest BCUT2D eigenvalue weighted by atomic mass is 16.6. The number of nitrogens with one attached hydrogen (secondary N) is 5. The first kappa shape index (κ1) is 30.9. The molecule has 39 heavy (non-hydrogen) atoms. The molecule has 0 unspecified atom stereocenters. The third kappa shape index (κ3) is 11.8. The first-order valence-corrected chi connectivity index (χ1v) is 11.8. The van der Waals surface area contributed by atoms with Gasteiger partial charge in [-0.2, -0.15) is 0 Å². The maximum Gasteiger partial charge on any atom is 0.407 e. The molecule has 1 aliphatic rings. The van der Waals surface area contributed by atoms with Crippen LogP contribution < -0.4 is 26.6 Å². The van der Waals surface area contributed by atoms with Gasteiger partial charge < -0.3 is 51.4 Å². The number of carbonyl (C=O) groups excluding carboxylic acids is 5. The number of carboxylic acid groups (broad SMARTS) is 1. The number of hydrogen-bond donors (Lipinski definition) is 8. The second-order valence-corrected chi connectivity index (χ2v) is 8.34. The number of carbonyl (C=O) groups is 6. The summed E-state index contributed by atoms with van der Waals surface area (Å²) in [6, 6.07) is 8.96. The highest BCUT2D eigenvalue weighted by Gasteiger charge is 2.43. The quantitative estimate of drug-likeness (QED) is 0.112. The normalized spacial score (nSPS) is 19.8. The Morgan fingerprint density at radius 3 is 1.79 bits per heavy atom. The Hall–Kier alpha value is -4.28. The van der Waals surface area contributed by atoms with Crippen molar-refractivity contribution in [2.45, 2.75) is 37.4 Å². The van der Waals surface area contributed by atoms with Gasteiger partial charge in [-0.1, -0.05) is 30.3 Å². The van der Waals surface area contributed by atoms with Crippen molar-refractivity contribution in [3.05, 3.63) is 35.9 Å². The Labute approximate surface area is 222 Å². The molecule has 1 aromatic carbocycles. The summed E-state index contributed by atoms with van der Waals surface area (Å²) in [4.78, 5) is 69.2. The highest BCUT2D eigenvalue weighted by Crippen LogP contribution is 2.23. The fourth-order valence-corrected chi connectivity index (χ4v) is 3.27. The predicted molar refractivity (Wildman–Crippen MR) is 130 cm³/mol. The van der Waals surface area contributed by atoms with Gasteiger partial charge in [-0.15, -0.1) is 0 Å². The number of aliphatic hydroxyl groups is 2. The Morgan fingerprint density at radius 1 is 0.718 bits per heavy atom. The Bertz CT molecular complexity index is 1020. The van der Waals surface area contributed by atoms with E-state index in [1.54, 1.807) is 24.3 Å². The first-order valence-electron chi connectivity index (χ1n) is 11.8. The second-order valence-electron chi connectivity index (χ2n) is 8.34. The van der Waals surface area contributed by atoms with Gasteiger partial charge in [0.1, 0.15) is 31.5 Å². The standard InChI is InChI=1S/C23H31N5O11/c29-16(24-8-17(30)25-9-18(31)26-10-19(32)27-11-20(33)34)6-14-21(35)22(36)15(39-14)7-28-23(37)38-12-13-4-2-1-3-5-13/h1-5,14-15,21-22,35-36H,6-12H2,(H,24,29)(H,25,30)(H,26,31)(H,27,32)(H,28,37)(H,33,34)/t14-,15+,21-,22+/m0/s1. The molecule has 1 heterocycles. The van der Waals surface area contributed by atoms with Crippen LogP contribution in [0.1, 0.15) is 12.0 Å². The van der Waals surface area contributed by atoms with E-state index in [4.69, 9.17) is 14.6 Å². The van der Waals surface area contributed by atoms with Crippen LogP contribution in [0.3, 0.4) is 0 Å². The molecule has 5 amide bonds. The number of rotatable bonds is 14. The molecule has 214 valence electrons. The van der Waals surface area contributed by atoms with Crippen LogP contribution in [0.5, 0.6) is 0 Å². The lowest BCUT2D eigenvalue weighted by Crippen LogP contribution is -2.45. The molecule has 1 aromatic rings. The van der Waals surface area contributed by atoms with Gasteiger partial charge in [0.15, 0.2) is 0 Å². The fourth-order valence-electron chi connectivity index (χ4n) is 3.27. The number of hydrogen-bond acceptors (Lipinski definition) is 10. The molecule has 0 radical (unpaired) electrons. The van der Waals surface area contributed by atoms with Gasteiger partial charge in [-0.25, -0.2) is 4.79 Å². The number of ether oxygens (including phenoxy) is 2. The second kappa shape index (κ2) is 15.9. The van der Waals surface area contributed by atoms with Gasteiger partial charge in [0.05, 0.1) is 32.2 Å². The maximum absolute atomic E-state index is 12.2. The minimum absolute atomic E-state index is 0.0379. The molecule has 0 saturated carbocycles. The largest absolute Gasteiger partial charge is 0.480 e. The summed E-state index contributed by atoms with van der Waals surface area (Å²) < 4.78 is 10.5. The zero-order chi connectivity index (χ0) is 28.8. The summed E-state index contributed by atoms with van der Waals surface area (Å²) >= 11 is 0. The van der Waals surface area contributed by atoms with Crippen molar-refractivity contribution in [3.8, 4) is 0 Å². The summed E-state index contributed by atoms with van der Waals surface area (Å²) in [6.45, 7) is -2.24. The van der Waals surface area contributed by atoms with E-state index in [9.17, 15) is 39.0 Å². The highest BCUT2D eigenvalue weighted by molar-refractivity contribution is 5.90. The summed E-state index contributed by atoms with van der Waals surface area (Å²) in [7, 11) is 0. The number of aliphatic hydroxyl groups excluding tert-OH is 2. The van der Waals surface area contributed by atoms with Crippen molar-refractivity contribution in [1.82, 2.24) is 26.6 Å². The maximum atomic E-state index is 12.2. The van der Waals surface area contributed by atoms with Gasteiger partial charge in [-0.05, 0) is 5.56 Å². The molecular formula is C23H31N5O11. The number of aliphatic carboxylic acids is 1. The van der Waals surface area contributed by atoms with Crippen LogP contribution in [0.4, 0.5) is 4.79 Å². The van der Waals surface area contributed by atoms with Gasteiger partial charge in [-0.3, -0.25) is 24.0 Å². The molecule has 0 spiro atoms. The third-order valence-corrected chi connectivity index (χ3v) is 5.28. The zero-order valence-electron chi connectivity index (χ0n) is 20.8. The molecule has 1 saturated heterocycles. The van der Waals surface area contributed by atoms with Crippen LogP contribution in [-0.2, 0) is 40.1 Å². The van der Waals surface area contributed by atoms with Gasteiger partial charge in [0.2, 0.25) is 23.6 Å². The van der Waals surface area contributed by atoms with Gasteiger partial charge >= 0.3 is 12.1 Å². The van der Waals surface area contributed by atoms with Crippen LogP contribution in [-0.4, -0.2) is 108 Å². The van der Waals surface area contributed by atoms with Crippen molar-refractivity contribution in [1.29, 1.82) is 0 Å². The van der Waals surface area contributed by atoms with E-state index in [-0.39, 0.29) is 13.2 Å². The monoisotopic (exact) mass is 553 g/mol. The minimum atomic E-state index is -1.42. The van der Waals surface area contributed by atoms with Crippen LogP contribution >= 0.6 is 0 Å². The van der Waals surface area contributed by atoms with E-state index in [0.717, 1.165) is 5.56 Å². The predicted octanol–water partition coefficient (Wildman–Crippen LogP) is -3.66. The molecular weight excluding hydrogens is 522 g/mol. The Morgan fingerprint density at radius 2 is 1.23 bits per heavy atom. The summed E-state index contributed by atoms with van der Waals surface area (Å²) in [5, 5.41) is 39.9. The van der Waals surface area contributed by atoms with Crippen molar-refractivity contribution < 1.29 is 53.6 Å². The Balaban J connectivity index is 1.62. The van der Waals surface area contributed by atoms with E-state index in [1.807, 2.05) is 11.4 Å². The molecule has 2 rings (SSSR count). The average molecular weight is 554 g/mol. The molecule has 16 heteroatoms. The first-order chi connectivity index (χ1) is 18.5. The number of benzene rings is 1. The summed E-state index contributed by atoms with van der Waals surface area (Å²) in [5.74, 6) is -4.11. The Kier molecular flexibility index (Phi) is 12.6. The smallest absolute Gasteiger partial charge is 0.407 e. The van der Waals surface area contributed by atoms with E-state index in [1.165, 1.54) is 0 Å². The topological polar surface area (TPSA) is 242 Å². The fraction of sp³-hybridized carbons (Fsp3) is 0.478. The molecule has 1 fully saturated rings. The molecule has 0 bridgehead atoms. The van der Waals surface area contributed by atoms with E-state index in [2.05, 4.69) is 21.3 Å². The number of amides is 5. The lowest BCUT2D eigenvalue weighted by molar-refractivity contribution is -0.137. The minimum Gasteiger partial charge on any atom is -0.480 e. The molecule has 8 N–H and O–H groups in total. The van der Waals surface area contributed by atoms with Gasteiger partial charge in [0, 0.05) is 6.54 Å². The van der Waals surface area contributed by atoms with Crippen molar-refractivity contribution in [2.75, 3.05) is 32.7 Å². The van der Waals surface area contributed by atoms with Crippen molar-refractivity contribution in [3.63, 3.8) is 0 Å². The van der Waals surface area contributed by atoms with Crippen molar-refractivity contribution in [2.24, 2.45) is 0 Å². The summed E-state index contributed by atoms with van der Waals surface area (Å²) in [6.07, 6.45) is -6.07. The average Bonchev–Trinajstić information content (AvgIpc) is 3.18. The third-order valence-electron chi connectivity index (χ3n) is 5.28. The van der Waals surface area contributed by atoms with Crippen LogP contribution in [0, 0.1) is 0 Å². The van der Waals surface area contributed by atoms with E-state index >= 15 is 0 Å². The lowest BCUT2D eigenvalue weighted by atomic mass is 10.1. The molecule has 16 nitrogen and oxygen atoms in total. The molecule has 1 aliphatic heterocycles. The van der Waals surface area contributed by atoms with E-state index in [0.29, 0.717) is 0 Å². The number of carboxylic acids is 1. The SMILES string of the molecule is O=C(O)CNC(=O)CNC(=O)CNC(=O)CNC(=O)C[C@@H]1O[C@H](CNC(=O)OCc2ccccc2)[C@@H](O)[C@H]1O. The van der Waals surface area contributed by atoms with E-state index < -0.39 is 92.7 Å². The lowest BCUT2D eigenvalue weighted by Gasteiger charge is -2.15. The zero-order valence-corrected chi connectivity index (χ0v) is 20.8. The van der Waals surface area contributed by atoms with Gasteiger partial charge in [0.25, 0.3) is 0 Å². The van der Waals surface area contributed by atoms with Crippen LogP contribution in [0.25, 0.3) is 0 Å².